The highest BCUT2D eigenvalue weighted by molar-refractivity contribution is 7.88. The molecular weight excluding hydrogens is 456 g/mol. The minimum Gasteiger partial charge on any atom is -0.371 e. The van der Waals surface area contributed by atoms with E-state index in [9.17, 15) is 17.2 Å². The Kier molecular flexibility index (Phi) is 6.54. The number of aromatic amines is 1. The third-order valence-electron chi connectivity index (χ3n) is 5.86. The van der Waals surface area contributed by atoms with Crippen LogP contribution < -0.4 is 4.90 Å². The zero-order valence-corrected chi connectivity index (χ0v) is 18.9. The quantitative estimate of drug-likeness (QED) is 0.602. The van der Waals surface area contributed by atoms with Gasteiger partial charge in [0.25, 0.3) is 6.43 Å². The van der Waals surface area contributed by atoms with E-state index in [0.29, 0.717) is 68.7 Å². The summed E-state index contributed by atoms with van der Waals surface area (Å²) in [6.45, 7) is 2.59. The number of H-pyrrole nitrogens is 1. The van der Waals surface area contributed by atoms with Gasteiger partial charge in [0.05, 0.1) is 41.8 Å². The Morgan fingerprint density at radius 1 is 1.27 bits per heavy atom. The fraction of sp³-hybridized carbons (Fsp3) is 0.500. The Labute approximate surface area is 190 Å². The van der Waals surface area contributed by atoms with E-state index in [-0.39, 0.29) is 0 Å². The maximum atomic E-state index is 12.5. The van der Waals surface area contributed by atoms with Gasteiger partial charge in [-0.15, -0.1) is 0 Å². The predicted octanol–water partition coefficient (Wildman–Crippen LogP) is 1.80. The minimum atomic E-state index is -3.21. The van der Waals surface area contributed by atoms with Gasteiger partial charge in [0.15, 0.2) is 0 Å². The van der Waals surface area contributed by atoms with Crippen LogP contribution in [0.3, 0.4) is 0 Å². The fourth-order valence-electron chi connectivity index (χ4n) is 4.03. The molecule has 4 heterocycles. The summed E-state index contributed by atoms with van der Waals surface area (Å²) in [6, 6.07) is 1.81. The van der Waals surface area contributed by atoms with Crippen LogP contribution in [0.4, 0.5) is 14.6 Å². The molecule has 2 aromatic rings. The number of imidazole rings is 1. The van der Waals surface area contributed by atoms with Crippen molar-refractivity contribution in [2.24, 2.45) is 0 Å². The number of piperidine rings is 1. The highest BCUT2D eigenvalue weighted by Crippen LogP contribution is 2.33. The molecule has 178 valence electrons. The summed E-state index contributed by atoms with van der Waals surface area (Å²) in [6.07, 6.45) is 4.91. The maximum Gasteiger partial charge on any atom is 0.279 e. The number of anilines is 1. The second kappa shape index (κ2) is 9.23. The number of rotatable bonds is 6. The van der Waals surface area contributed by atoms with Crippen LogP contribution in [0.15, 0.2) is 24.7 Å². The lowest BCUT2D eigenvalue weighted by Gasteiger charge is -2.47. The first-order valence-electron chi connectivity index (χ1n) is 10.4. The van der Waals surface area contributed by atoms with E-state index >= 15 is 0 Å². The van der Waals surface area contributed by atoms with Crippen LogP contribution in [0.25, 0.3) is 17.5 Å². The summed E-state index contributed by atoms with van der Waals surface area (Å²) in [5.41, 5.74) is -0.0400. The molecule has 2 saturated heterocycles. The number of sulfonamides is 1. The van der Waals surface area contributed by atoms with E-state index < -0.39 is 27.8 Å². The zero-order valence-electron chi connectivity index (χ0n) is 18.0. The van der Waals surface area contributed by atoms with Crippen molar-refractivity contribution in [3.05, 3.63) is 30.5 Å². The van der Waals surface area contributed by atoms with E-state index in [1.54, 1.807) is 6.20 Å². The molecule has 2 N–H and O–H groups in total. The van der Waals surface area contributed by atoms with Gasteiger partial charge in [-0.05, 0) is 25.0 Å². The van der Waals surface area contributed by atoms with Crippen molar-refractivity contribution in [2.45, 2.75) is 24.9 Å². The molecule has 2 fully saturated rings. The van der Waals surface area contributed by atoms with Crippen molar-refractivity contribution in [2.75, 3.05) is 43.9 Å². The first-order chi connectivity index (χ1) is 15.7. The average Bonchev–Trinajstić information content (AvgIpc) is 3.26. The largest absolute Gasteiger partial charge is 0.371 e. The van der Waals surface area contributed by atoms with Crippen molar-refractivity contribution >= 4 is 27.6 Å². The number of allylic oxidation sites excluding steroid dienone is 1. The molecule has 0 amide bonds. The summed E-state index contributed by atoms with van der Waals surface area (Å²) >= 11 is 0. The lowest BCUT2D eigenvalue weighted by atomic mass is 9.90. The molecule has 0 aromatic carbocycles. The lowest BCUT2D eigenvalue weighted by molar-refractivity contribution is -0.0826. The van der Waals surface area contributed by atoms with Gasteiger partial charge in [0, 0.05) is 32.2 Å². The van der Waals surface area contributed by atoms with E-state index in [1.807, 2.05) is 6.07 Å². The highest BCUT2D eigenvalue weighted by Gasteiger charge is 2.41. The predicted molar refractivity (Wildman–Crippen MR) is 119 cm³/mol. The summed E-state index contributed by atoms with van der Waals surface area (Å²) < 4.78 is 56.1. The van der Waals surface area contributed by atoms with Gasteiger partial charge < -0.3 is 14.6 Å². The molecule has 0 unspecified atom stereocenters. The summed E-state index contributed by atoms with van der Waals surface area (Å²) in [7, 11) is -3.21. The molecule has 4 rings (SSSR count). The monoisotopic (exact) mass is 481 g/mol. The molecule has 2 aliphatic rings. The lowest BCUT2D eigenvalue weighted by Crippen LogP contribution is -2.57. The number of hydrogen-bond acceptors (Lipinski definition) is 8. The van der Waals surface area contributed by atoms with Gasteiger partial charge >= 0.3 is 0 Å². The second-order valence-electron chi connectivity index (χ2n) is 8.15. The molecule has 1 spiro atoms. The van der Waals surface area contributed by atoms with Crippen molar-refractivity contribution < 1.29 is 21.9 Å². The molecule has 0 radical (unpaired) electrons. The number of aromatic nitrogens is 4. The zero-order chi connectivity index (χ0) is 23.6. The Morgan fingerprint density at radius 3 is 2.73 bits per heavy atom. The van der Waals surface area contributed by atoms with Crippen molar-refractivity contribution in [3.8, 4) is 11.4 Å². The number of morpholine rings is 1. The topological polar surface area (TPSA) is 128 Å². The van der Waals surface area contributed by atoms with Gasteiger partial charge in [-0.25, -0.2) is 36.5 Å². The Balaban J connectivity index is 1.47. The number of hydrogen-bond donors (Lipinski definition) is 2. The molecule has 33 heavy (non-hydrogen) atoms. The van der Waals surface area contributed by atoms with Crippen LogP contribution in [-0.2, 0) is 14.8 Å². The van der Waals surface area contributed by atoms with Crippen LogP contribution in [0, 0.1) is 5.41 Å². The first kappa shape index (κ1) is 23.4. The van der Waals surface area contributed by atoms with E-state index in [0.717, 1.165) is 6.08 Å². The molecule has 13 heteroatoms. The summed E-state index contributed by atoms with van der Waals surface area (Å²) in [5.74, 6) is 1.04. The summed E-state index contributed by atoms with van der Waals surface area (Å²) in [4.78, 5) is 17.9. The number of alkyl halides is 2. The fourth-order valence-corrected chi connectivity index (χ4v) is 4.87. The highest BCUT2D eigenvalue weighted by atomic mass is 32.2. The minimum absolute atomic E-state index is 0.332. The Bertz CT molecular complexity index is 1140. The molecule has 0 saturated carbocycles. The van der Waals surface area contributed by atoms with Crippen LogP contribution in [0.2, 0.25) is 0 Å². The standard InChI is InChI=1S/C20H25F2N7O3S/c1-33(30,31)29-6-4-20(5-7-29)12-28(8-9-32-20)18-10-15(25-13-26-18)16-11-24-17(27-16)3-2-14(23)19(21)22/h2-3,10-11,13,19,23H,4-9,12H2,1H3,(H,24,27)/b3-2-,23-14?. The Morgan fingerprint density at radius 2 is 2.03 bits per heavy atom. The number of halogens is 2. The second-order valence-corrected chi connectivity index (χ2v) is 10.1. The maximum absolute atomic E-state index is 12.5. The number of ether oxygens (including phenoxy) is 1. The van der Waals surface area contributed by atoms with Crippen molar-refractivity contribution in [1.82, 2.24) is 24.2 Å². The normalized spacial score (nSPS) is 19.6. The molecule has 0 bridgehead atoms. The summed E-state index contributed by atoms with van der Waals surface area (Å²) in [5, 5.41) is 7.18. The Hall–Kier alpha value is -2.77. The van der Waals surface area contributed by atoms with Gasteiger partial charge in [-0.1, -0.05) is 0 Å². The third kappa shape index (κ3) is 5.42. The van der Waals surface area contributed by atoms with Gasteiger partial charge in [-0.2, -0.15) is 0 Å². The average molecular weight is 482 g/mol. The van der Waals surface area contributed by atoms with E-state index in [4.69, 9.17) is 10.1 Å². The molecule has 0 atom stereocenters. The van der Waals surface area contributed by atoms with Gasteiger partial charge in [0.2, 0.25) is 10.0 Å². The SMILES string of the molecule is CS(=O)(=O)N1CCC2(CC1)CN(c1cc(-c3cnc(/C=C\C(=N)C(F)F)[nH]3)ncn1)CCO2. The number of nitrogens with zero attached hydrogens (tertiary/aromatic N) is 5. The van der Waals surface area contributed by atoms with Crippen molar-refractivity contribution in [1.29, 1.82) is 5.41 Å². The molecule has 2 aliphatic heterocycles. The van der Waals surface area contributed by atoms with Crippen LogP contribution in [0.1, 0.15) is 18.7 Å². The van der Waals surface area contributed by atoms with E-state index in [2.05, 4.69) is 24.8 Å². The van der Waals surface area contributed by atoms with Crippen LogP contribution in [0.5, 0.6) is 0 Å². The molecule has 2 aromatic heterocycles. The molecular formula is C20H25F2N7O3S. The van der Waals surface area contributed by atoms with Gasteiger partial charge in [-0.3, -0.25) is 5.41 Å². The number of nitrogens with one attached hydrogen (secondary N) is 2. The smallest absolute Gasteiger partial charge is 0.279 e. The van der Waals surface area contributed by atoms with E-state index in [1.165, 1.54) is 23.0 Å². The van der Waals surface area contributed by atoms with Gasteiger partial charge in [0.1, 0.15) is 18.0 Å². The van der Waals surface area contributed by atoms with Crippen LogP contribution >= 0.6 is 0 Å². The molecule has 10 nitrogen and oxygen atoms in total. The van der Waals surface area contributed by atoms with Crippen LogP contribution in [-0.4, -0.2) is 89.4 Å². The third-order valence-corrected chi connectivity index (χ3v) is 7.16. The molecule has 0 aliphatic carbocycles. The first-order valence-corrected chi connectivity index (χ1v) is 12.3. The van der Waals surface area contributed by atoms with Crippen molar-refractivity contribution in [3.63, 3.8) is 0 Å².